The molecule has 5 rings (SSSR count). The molecule has 3 aliphatic carbocycles. The fourth-order valence-corrected chi connectivity index (χ4v) is 5.65. The Labute approximate surface area is 145 Å². The number of nitrogens with one attached hydrogen (secondary N) is 1. The second-order valence-electron chi connectivity index (χ2n) is 7.76. The van der Waals surface area contributed by atoms with Crippen LogP contribution in [0.25, 0.3) is 10.8 Å². The first-order valence-corrected chi connectivity index (χ1v) is 9.19. The second kappa shape index (κ2) is 4.99. The number of pyridine rings is 1. The van der Waals surface area contributed by atoms with E-state index in [1.165, 1.54) is 12.8 Å². The van der Waals surface area contributed by atoms with Gasteiger partial charge in [-0.15, -0.1) is 0 Å². The van der Waals surface area contributed by atoms with Crippen LogP contribution in [0.2, 0.25) is 5.02 Å². The van der Waals surface area contributed by atoms with E-state index in [1.807, 2.05) is 12.1 Å². The van der Waals surface area contributed by atoms with Crippen molar-refractivity contribution in [1.82, 2.24) is 4.98 Å². The number of aromatic amines is 1. The van der Waals surface area contributed by atoms with Crippen LogP contribution in [0.15, 0.2) is 29.2 Å². The largest absolute Gasteiger partial charge is 0.489 e. The predicted molar refractivity (Wildman–Crippen MR) is 94.5 cm³/mol. The van der Waals surface area contributed by atoms with Crippen molar-refractivity contribution in [3.63, 3.8) is 0 Å². The number of nitrogens with two attached hydrogens (primary N) is 1. The lowest BCUT2D eigenvalue weighted by Crippen LogP contribution is -2.37. The Morgan fingerprint density at radius 1 is 1.25 bits per heavy atom. The highest BCUT2D eigenvalue weighted by molar-refractivity contribution is 6.32. The zero-order chi connectivity index (χ0) is 16.5. The Bertz CT molecular complexity index is 879. The number of H-pyrrole nitrogens is 1. The van der Waals surface area contributed by atoms with Crippen LogP contribution < -0.4 is 16.0 Å². The highest BCUT2D eigenvalue weighted by atomic mass is 35.5. The first kappa shape index (κ1) is 14.8. The monoisotopic (exact) mass is 344 g/mol. The van der Waals surface area contributed by atoms with E-state index < -0.39 is 0 Å². The van der Waals surface area contributed by atoms with E-state index in [-0.39, 0.29) is 11.7 Å². The van der Waals surface area contributed by atoms with Crippen molar-refractivity contribution in [2.24, 2.45) is 23.0 Å². The molecule has 1 spiro atoms. The molecular weight excluding hydrogens is 324 g/mol. The minimum absolute atomic E-state index is 0.122. The minimum Gasteiger partial charge on any atom is -0.489 e. The standard InChI is InChI=1S/C19H21ClN2O2/c20-14-8-11-10(4-6-22-18(11)23)7-17(14)24-16-3-5-19-9-13(19)15(21)2-1-12(16)19/h4,6-8,12-13,15-16H,1-3,5,9,21H2,(H,22,23)/t12-,13?,15?,16?,19?/m0/s1. The average molecular weight is 345 g/mol. The van der Waals surface area contributed by atoms with Gasteiger partial charge in [-0.2, -0.15) is 0 Å². The van der Waals surface area contributed by atoms with Gasteiger partial charge in [-0.05, 0) is 67.0 Å². The third-order valence-electron chi connectivity index (χ3n) is 6.69. The summed E-state index contributed by atoms with van der Waals surface area (Å²) in [6, 6.07) is 5.88. The second-order valence-corrected chi connectivity index (χ2v) is 8.17. The maximum absolute atomic E-state index is 11.9. The normalized spacial score (nSPS) is 37.1. The third kappa shape index (κ3) is 1.99. The molecule has 1 aromatic heterocycles. The summed E-state index contributed by atoms with van der Waals surface area (Å²) in [6.07, 6.45) is 7.73. The zero-order valence-electron chi connectivity index (χ0n) is 13.4. The van der Waals surface area contributed by atoms with Crippen LogP contribution in [0.4, 0.5) is 0 Å². The van der Waals surface area contributed by atoms with E-state index in [1.54, 1.807) is 12.3 Å². The van der Waals surface area contributed by atoms with Gasteiger partial charge in [0.25, 0.3) is 5.56 Å². The van der Waals surface area contributed by atoms with Crippen LogP contribution in [0.1, 0.15) is 32.1 Å². The Morgan fingerprint density at radius 2 is 2.12 bits per heavy atom. The van der Waals surface area contributed by atoms with E-state index in [9.17, 15) is 4.79 Å². The first-order valence-electron chi connectivity index (χ1n) is 8.82. The summed E-state index contributed by atoms with van der Waals surface area (Å²) in [5, 5.41) is 1.98. The van der Waals surface area contributed by atoms with Gasteiger partial charge in [0, 0.05) is 23.5 Å². The summed E-state index contributed by atoms with van der Waals surface area (Å²) in [4.78, 5) is 14.6. The van der Waals surface area contributed by atoms with Gasteiger partial charge in [0.1, 0.15) is 11.9 Å². The highest BCUT2D eigenvalue weighted by Gasteiger charge is 2.67. The van der Waals surface area contributed by atoms with Crippen LogP contribution in [0, 0.1) is 17.3 Å². The lowest BCUT2D eigenvalue weighted by Gasteiger charge is -2.32. The highest BCUT2D eigenvalue weighted by Crippen LogP contribution is 2.70. The number of hydrogen-bond donors (Lipinski definition) is 2. The predicted octanol–water partition coefficient (Wildman–Crippen LogP) is 3.47. The molecule has 0 bridgehead atoms. The van der Waals surface area contributed by atoms with Crippen LogP contribution in [0.3, 0.4) is 0 Å². The smallest absolute Gasteiger partial charge is 0.255 e. The van der Waals surface area contributed by atoms with Gasteiger partial charge in [0.2, 0.25) is 0 Å². The minimum atomic E-state index is -0.122. The van der Waals surface area contributed by atoms with Crippen molar-refractivity contribution < 1.29 is 4.74 Å². The Morgan fingerprint density at radius 3 is 3.00 bits per heavy atom. The van der Waals surface area contributed by atoms with Crippen molar-refractivity contribution in [3.8, 4) is 5.75 Å². The first-order chi connectivity index (χ1) is 11.6. The topological polar surface area (TPSA) is 68.1 Å². The van der Waals surface area contributed by atoms with Crippen molar-refractivity contribution >= 4 is 22.4 Å². The molecule has 3 N–H and O–H groups in total. The molecule has 0 saturated heterocycles. The molecule has 126 valence electrons. The Kier molecular flexibility index (Phi) is 3.08. The summed E-state index contributed by atoms with van der Waals surface area (Å²) in [7, 11) is 0. The molecule has 1 heterocycles. The summed E-state index contributed by atoms with van der Waals surface area (Å²) < 4.78 is 6.37. The van der Waals surface area contributed by atoms with Crippen LogP contribution in [0.5, 0.6) is 5.75 Å². The van der Waals surface area contributed by atoms with Gasteiger partial charge in [0.15, 0.2) is 0 Å². The van der Waals surface area contributed by atoms with Crippen LogP contribution in [-0.4, -0.2) is 17.1 Å². The summed E-state index contributed by atoms with van der Waals surface area (Å²) in [6.45, 7) is 0. The maximum atomic E-state index is 11.9. The number of fused-ring (bicyclic) bond motifs is 1. The van der Waals surface area contributed by atoms with Gasteiger partial charge in [-0.1, -0.05) is 11.6 Å². The molecular formula is C19H21ClN2O2. The van der Waals surface area contributed by atoms with Gasteiger partial charge < -0.3 is 15.5 Å². The van der Waals surface area contributed by atoms with Gasteiger partial charge in [-0.3, -0.25) is 4.79 Å². The molecule has 4 unspecified atom stereocenters. The van der Waals surface area contributed by atoms with Crippen molar-refractivity contribution in [1.29, 1.82) is 0 Å². The number of rotatable bonds is 2. The van der Waals surface area contributed by atoms with Crippen LogP contribution >= 0.6 is 11.6 Å². The van der Waals surface area contributed by atoms with E-state index >= 15 is 0 Å². The van der Waals surface area contributed by atoms with Crippen molar-refractivity contribution in [2.45, 2.75) is 44.2 Å². The van der Waals surface area contributed by atoms with Gasteiger partial charge >= 0.3 is 0 Å². The van der Waals surface area contributed by atoms with E-state index in [0.29, 0.717) is 39.5 Å². The van der Waals surface area contributed by atoms with Crippen molar-refractivity contribution in [3.05, 3.63) is 39.8 Å². The molecule has 0 amide bonds. The quantitative estimate of drug-likeness (QED) is 0.876. The fourth-order valence-electron chi connectivity index (χ4n) is 5.44. The lowest BCUT2D eigenvalue weighted by atomic mass is 9.78. The number of aromatic nitrogens is 1. The van der Waals surface area contributed by atoms with Gasteiger partial charge in [0.05, 0.1) is 5.02 Å². The number of ether oxygens (including phenoxy) is 1. The lowest BCUT2D eigenvalue weighted by molar-refractivity contribution is 0.104. The molecule has 2 aromatic rings. The maximum Gasteiger partial charge on any atom is 0.255 e. The molecule has 5 heteroatoms. The number of benzene rings is 1. The van der Waals surface area contributed by atoms with Gasteiger partial charge in [-0.25, -0.2) is 0 Å². The molecule has 3 fully saturated rings. The molecule has 3 saturated carbocycles. The zero-order valence-corrected chi connectivity index (χ0v) is 14.2. The summed E-state index contributed by atoms with van der Waals surface area (Å²) >= 11 is 6.40. The molecule has 0 aliphatic heterocycles. The Balaban J connectivity index is 1.45. The molecule has 1 aromatic carbocycles. The number of hydrogen-bond acceptors (Lipinski definition) is 3. The molecule has 0 radical (unpaired) electrons. The molecule has 24 heavy (non-hydrogen) atoms. The van der Waals surface area contributed by atoms with Crippen molar-refractivity contribution in [2.75, 3.05) is 0 Å². The third-order valence-corrected chi connectivity index (χ3v) is 6.99. The molecule has 5 atom stereocenters. The van der Waals surface area contributed by atoms with E-state index in [0.717, 1.165) is 24.6 Å². The van der Waals surface area contributed by atoms with E-state index in [4.69, 9.17) is 22.1 Å². The fraction of sp³-hybridized carbons (Fsp3) is 0.526. The van der Waals surface area contributed by atoms with E-state index in [2.05, 4.69) is 4.98 Å². The molecule has 3 aliphatic rings. The SMILES string of the molecule is NC1CC[C@H]2C(Oc3cc4cc[nH]c(=O)c4cc3Cl)CCC23CC13. The summed E-state index contributed by atoms with van der Waals surface area (Å²) in [5.41, 5.74) is 6.60. The Hall–Kier alpha value is -1.52. The summed E-state index contributed by atoms with van der Waals surface area (Å²) in [5.74, 6) is 2.01. The average Bonchev–Trinajstić information content (AvgIpc) is 3.21. The molecule has 4 nitrogen and oxygen atoms in total. The van der Waals surface area contributed by atoms with Crippen LogP contribution in [-0.2, 0) is 0 Å². The number of halogens is 1.